The van der Waals surface area contributed by atoms with Crippen LogP contribution in [0.2, 0.25) is 0 Å². The van der Waals surface area contributed by atoms with Crippen LogP contribution >= 0.6 is 11.3 Å². The molecule has 55 valence electrons. The third-order valence-electron chi connectivity index (χ3n) is 1.06. The van der Waals surface area contributed by atoms with E-state index in [1.54, 1.807) is 0 Å². The van der Waals surface area contributed by atoms with Crippen LogP contribution in [-0.2, 0) is 4.74 Å². The first kappa shape index (κ1) is 7.76. The lowest BCUT2D eigenvalue weighted by Gasteiger charge is -1.90. The van der Waals surface area contributed by atoms with Crippen LogP contribution in [0, 0.1) is 16.7 Å². The van der Waals surface area contributed by atoms with Gasteiger partial charge in [0.1, 0.15) is 10.9 Å². The standard InChI is InChI=1S/C7H4NO2S/c1-10-7(9)5-2-6(3-8)11-4-5/h2H,1H3. The maximum absolute atomic E-state index is 10.8. The van der Waals surface area contributed by atoms with Gasteiger partial charge in [0, 0.05) is 0 Å². The van der Waals surface area contributed by atoms with Crippen molar-refractivity contribution in [2.24, 2.45) is 0 Å². The van der Waals surface area contributed by atoms with Gasteiger partial charge in [0.15, 0.2) is 0 Å². The van der Waals surface area contributed by atoms with Crippen molar-refractivity contribution in [3.63, 3.8) is 0 Å². The minimum Gasteiger partial charge on any atom is -0.465 e. The van der Waals surface area contributed by atoms with E-state index in [-0.39, 0.29) is 0 Å². The SMILES string of the molecule is COC(=O)c1[c]sc(C#N)c1. The molecule has 0 aliphatic carbocycles. The second kappa shape index (κ2) is 3.17. The molecule has 1 radical (unpaired) electrons. The second-order valence-corrected chi connectivity index (χ2v) is 2.58. The van der Waals surface area contributed by atoms with E-state index in [1.165, 1.54) is 13.2 Å². The van der Waals surface area contributed by atoms with Crippen molar-refractivity contribution in [3.05, 3.63) is 21.9 Å². The summed E-state index contributed by atoms with van der Waals surface area (Å²) in [7, 11) is 1.29. The molecule has 0 unspecified atom stereocenters. The average Bonchev–Trinajstić information content (AvgIpc) is 2.50. The summed E-state index contributed by atoms with van der Waals surface area (Å²) < 4.78 is 4.42. The van der Waals surface area contributed by atoms with Gasteiger partial charge in [-0.3, -0.25) is 0 Å². The molecule has 0 N–H and O–H groups in total. The van der Waals surface area contributed by atoms with Gasteiger partial charge in [-0.15, -0.1) is 11.3 Å². The summed E-state index contributed by atoms with van der Waals surface area (Å²) in [5, 5.41) is 11.0. The van der Waals surface area contributed by atoms with Gasteiger partial charge in [-0.25, -0.2) is 4.79 Å². The highest BCUT2D eigenvalue weighted by Gasteiger charge is 2.07. The minimum absolute atomic E-state index is 0.314. The van der Waals surface area contributed by atoms with E-state index >= 15 is 0 Å². The molecule has 0 aromatic carbocycles. The van der Waals surface area contributed by atoms with Gasteiger partial charge in [0.25, 0.3) is 0 Å². The molecule has 0 amide bonds. The van der Waals surface area contributed by atoms with Crippen LogP contribution < -0.4 is 0 Å². The number of ether oxygens (including phenoxy) is 1. The fourth-order valence-electron chi connectivity index (χ4n) is 0.566. The lowest BCUT2D eigenvalue weighted by molar-refractivity contribution is 0.0601. The van der Waals surface area contributed by atoms with Gasteiger partial charge >= 0.3 is 5.97 Å². The van der Waals surface area contributed by atoms with Crippen molar-refractivity contribution < 1.29 is 9.53 Å². The maximum Gasteiger partial charge on any atom is 0.339 e. The molecule has 0 saturated carbocycles. The Bertz CT molecular complexity index is 310. The third kappa shape index (κ3) is 1.57. The Morgan fingerprint density at radius 2 is 2.64 bits per heavy atom. The molecule has 0 saturated heterocycles. The highest BCUT2D eigenvalue weighted by molar-refractivity contribution is 7.10. The van der Waals surface area contributed by atoms with Gasteiger partial charge in [-0.1, -0.05) is 0 Å². The largest absolute Gasteiger partial charge is 0.465 e. The van der Waals surface area contributed by atoms with Crippen LogP contribution in [0.4, 0.5) is 0 Å². The maximum atomic E-state index is 10.8. The van der Waals surface area contributed by atoms with E-state index in [0.29, 0.717) is 10.4 Å². The normalized spacial score (nSPS) is 8.73. The number of nitriles is 1. The Morgan fingerprint density at radius 1 is 1.91 bits per heavy atom. The van der Waals surface area contributed by atoms with Gasteiger partial charge in [-0.2, -0.15) is 5.26 Å². The van der Waals surface area contributed by atoms with Crippen molar-refractivity contribution >= 4 is 17.3 Å². The molecular formula is C7H4NO2S. The predicted octanol–water partition coefficient (Wildman–Crippen LogP) is 1.21. The fraction of sp³-hybridized carbons (Fsp3) is 0.143. The van der Waals surface area contributed by atoms with Crippen LogP contribution in [0.5, 0.6) is 0 Å². The van der Waals surface area contributed by atoms with Crippen LogP contribution in [0.3, 0.4) is 0 Å². The number of thiophene rings is 1. The lowest BCUT2D eigenvalue weighted by atomic mass is 10.3. The van der Waals surface area contributed by atoms with Gasteiger partial charge in [0.05, 0.1) is 18.1 Å². The van der Waals surface area contributed by atoms with Crippen LogP contribution in [-0.4, -0.2) is 13.1 Å². The number of rotatable bonds is 1. The molecule has 1 aromatic rings. The molecule has 0 aliphatic heterocycles. The summed E-state index contributed by atoms with van der Waals surface area (Å²) in [4.78, 5) is 11.2. The summed E-state index contributed by atoms with van der Waals surface area (Å²) in [6, 6.07) is 3.36. The van der Waals surface area contributed by atoms with Crippen LogP contribution in [0.1, 0.15) is 15.2 Å². The average molecular weight is 166 g/mol. The minimum atomic E-state index is -0.456. The monoisotopic (exact) mass is 166 g/mol. The topological polar surface area (TPSA) is 50.1 Å². The number of hydrogen-bond donors (Lipinski definition) is 0. The quantitative estimate of drug-likeness (QED) is 0.589. The molecule has 1 aromatic heterocycles. The zero-order chi connectivity index (χ0) is 8.27. The second-order valence-electron chi connectivity index (χ2n) is 1.73. The molecule has 3 nitrogen and oxygen atoms in total. The molecule has 4 heteroatoms. The van der Waals surface area contributed by atoms with Gasteiger partial charge < -0.3 is 4.74 Å². The summed E-state index contributed by atoms with van der Waals surface area (Å²) in [6.07, 6.45) is 0. The highest BCUT2D eigenvalue weighted by atomic mass is 32.1. The van der Waals surface area contributed by atoms with E-state index in [1.807, 2.05) is 6.07 Å². The number of esters is 1. The molecule has 0 bridgehead atoms. The molecule has 1 rings (SSSR count). The Hall–Kier alpha value is -1.34. The number of hydrogen-bond acceptors (Lipinski definition) is 4. The van der Waals surface area contributed by atoms with Crippen molar-refractivity contribution in [2.45, 2.75) is 0 Å². The first-order chi connectivity index (χ1) is 5.27. The fourth-order valence-corrected chi connectivity index (χ4v) is 1.15. The molecule has 0 spiro atoms. The summed E-state index contributed by atoms with van der Waals surface area (Å²) >= 11 is 1.11. The van der Waals surface area contributed by atoms with Crippen LogP contribution in [0.25, 0.3) is 0 Å². The number of nitrogens with zero attached hydrogens (tertiary/aromatic N) is 1. The van der Waals surface area contributed by atoms with E-state index in [0.717, 1.165) is 11.3 Å². The predicted molar refractivity (Wildman–Crippen MR) is 39.2 cm³/mol. The Morgan fingerprint density at radius 3 is 3.09 bits per heavy atom. The first-order valence-electron chi connectivity index (χ1n) is 2.78. The molecule has 1 heterocycles. The van der Waals surface area contributed by atoms with Crippen molar-refractivity contribution in [3.8, 4) is 6.07 Å². The van der Waals surface area contributed by atoms with Crippen molar-refractivity contribution in [1.82, 2.24) is 0 Å². The zero-order valence-corrected chi connectivity index (χ0v) is 6.57. The number of carbonyl (C=O) groups excluding carboxylic acids is 1. The Balaban J connectivity index is 2.91. The summed E-state index contributed by atoms with van der Waals surface area (Å²) in [5.41, 5.74) is 0.314. The van der Waals surface area contributed by atoms with Gasteiger partial charge in [-0.05, 0) is 6.07 Å². The Kier molecular flexibility index (Phi) is 2.24. The lowest BCUT2D eigenvalue weighted by Crippen LogP contribution is -1.98. The van der Waals surface area contributed by atoms with Crippen molar-refractivity contribution in [1.29, 1.82) is 5.26 Å². The molecule has 11 heavy (non-hydrogen) atoms. The Labute approximate surface area is 67.8 Å². The highest BCUT2D eigenvalue weighted by Crippen LogP contribution is 2.12. The third-order valence-corrected chi connectivity index (χ3v) is 1.81. The smallest absolute Gasteiger partial charge is 0.339 e. The molecule has 0 aliphatic rings. The summed E-state index contributed by atoms with van der Waals surface area (Å²) in [6.45, 7) is 0. The molecule has 0 fully saturated rings. The number of carbonyl (C=O) groups is 1. The summed E-state index contributed by atoms with van der Waals surface area (Å²) in [5.74, 6) is -0.456. The molecular weight excluding hydrogens is 162 g/mol. The van der Waals surface area contributed by atoms with E-state index in [9.17, 15) is 4.79 Å². The van der Waals surface area contributed by atoms with Crippen molar-refractivity contribution in [2.75, 3.05) is 7.11 Å². The first-order valence-corrected chi connectivity index (χ1v) is 3.59. The molecule has 0 atom stereocenters. The van der Waals surface area contributed by atoms with E-state index < -0.39 is 5.97 Å². The zero-order valence-electron chi connectivity index (χ0n) is 5.75. The number of methoxy groups -OCH3 is 1. The van der Waals surface area contributed by atoms with E-state index in [2.05, 4.69) is 10.1 Å². The van der Waals surface area contributed by atoms with Crippen LogP contribution in [0.15, 0.2) is 6.07 Å². The van der Waals surface area contributed by atoms with Gasteiger partial charge in [0.2, 0.25) is 0 Å². The van der Waals surface area contributed by atoms with E-state index in [4.69, 9.17) is 5.26 Å².